The second-order valence-corrected chi connectivity index (χ2v) is 4.15. The largest absolute Gasteiger partial charge is 0.467 e. The lowest BCUT2D eigenvalue weighted by molar-refractivity contribution is 0.360. The molecule has 0 spiro atoms. The molecule has 6 nitrogen and oxygen atoms in total. The van der Waals surface area contributed by atoms with Crippen LogP contribution in [0.3, 0.4) is 0 Å². The summed E-state index contributed by atoms with van der Waals surface area (Å²) in [6.45, 7) is 0. The first kappa shape index (κ1) is 12.6. The smallest absolute Gasteiger partial charge is 0.330 e. The van der Waals surface area contributed by atoms with Crippen molar-refractivity contribution in [2.24, 2.45) is 0 Å². The van der Waals surface area contributed by atoms with Gasteiger partial charge in [0.1, 0.15) is 5.75 Å². The van der Waals surface area contributed by atoms with E-state index in [2.05, 4.69) is 36.2 Å². The zero-order valence-corrected chi connectivity index (χ0v) is 11.4. The zero-order valence-electron chi connectivity index (χ0n) is 9.85. The van der Waals surface area contributed by atoms with Gasteiger partial charge in [0.15, 0.2) is 0 Å². The Hall–Kier alpha value is -1.89. The molecule has 7 heteroatoms. The highest BCUT2D eigenvalue weighted by molar-refractivity contribution is 9.10. The highest BCUT2D eigenvalue weighted by Crippen LogP contribution is 2.22. The lowest BCUT2D eigenvalue weighted by atomic mass is 10.3. The number of benzene rings is 1. The van der Waals surface area contributed by atoms with E-state index in [9.17, 15) is 0 Å². The van der Waals surface area contributed by atoms with Crippen molar-refractivity contribution in [3.8, 4) is 17.8 Å². The van der Waals surface area contributed by atoms with Gasteiger partial charge in [-0.1, -0.05) is 15.9 Å². The van der Waals surface area contributed by atoms with E-state index in [1.807, 2.05) is 12.1 Å². The van der Waals surface area contributed by atoms with Crippen molar-refractivity contribution in [1.29, 1.82) is 0 Å². The fourth-order valence-corrected chi connectivity index (χ4v) is 1.46. The fourth-order valence-electron chi connectivity index (χ4n) is 1.19. The van der Waals surface area contributed by atoms with Crippen LogP contribution in [-0.4, -0.2) is 29.1 Å². The third kappa shape index (κ3) is 3.07. The number of aromatic nitrogens is 3. The molecule has 1 aromatic heterocycles. The molecule has 0 radical (unpaired) electrons. The van der Waals surface area contributed by atoms with Crippen molar-refractivity contribution < 1.29 is 9.47 Å². The summed E-state index contributed by atoms with van der Waals surface area (Å²) in [5.74, 6) is 1.02. The second kappa shape index (κ2) is 5.63. The predicted octanol–water partition coefficient (Wildman–Crippen LogP) is 2.48. The molecule has 2 rings (SSSR count). The van der Waals surface area contributed by atoms with E-state index in [0.717, 1.165) is 4.47 Å². The van der Waals surface area contributed by atoms with E-state index >= 15 is 0 Å². The minimum absolute atomic E-state index is 0.175. The molecule has 2 aromatic rings. The number of rotatable bonds is 4. The van der Waals surface area contributed by atoms with Crippen molar-refractivity contribution in [1.82, 2.24) is 15.0 Å². The Balaban J connectivity index is 2.25. The van der Waals surface area contributed by atoms with Gasteiger partial charge in [-0.2, -0.15) is 9.97 Å². The topological polar surface area (TPSA) is 69.2 Å². The van der Waals surface area contributed by atoms with Gasteiger partial charge in [-0.3, -0.25) is 0 Å². The summed E-state index contributed by atoms with van der Waals surface area (Å²) in [6.07, 6.45) is 0. The molecule has 0 amide bonds. The molecule has 0 aliphatic heterocycles. The fraction of sp³-hybridized carbons (Fsp3) is 0.182. The Kier molecular flexibility index (Phi) is 3.93. The van der Waals surface area contributed by atoms with E-state index in [-0.39, 0.29) is 12.0 Å². The molecule has 0 fully saturated rings. The van der Waals surface area contributed by atoms with Crippen LogP contribution in [0.4, 0.5) is 5.95 Å². The summed E-state index contributed by atoms with van der Waals surface area (Å²) < 4.78 is 11.5. The van der Waals surface area contributed by atoms with Gasteiger partial charge in [0, 0.05) is 11.5 Å². The highest BCUT2D eigenvalue weighted by atomic mass is 79.9. The highest BCUT2D eigenvalue weighted by Gasteiger charge is 2.07. The van der Waals surface area contributed by atoms with E-state index in [4.69, 9.17) is 9.47 Å². The Morgan fingerprint density at radius 1 is 1.06 bits per heavy atom. The molecule has 0 saturated heterocycles. The Labute approximate surface area is 113 Å². The standard InChI is InChI=1S/C11H11BrN4O2/c1-13-9-14-10(17-2)16-11(15-9)18-8-5-3-7(12)4-6-8/h3-6H,1-2H3,(H,13,14,15,16). The predicted molar refractivity (Wildman–Crippen MR) is 70.1 cm³/mol. The molecule has 0 bridgehead atoms. The van der Waals surface area contributed by atoms with Crippen LogP contribution in [0.5, 0.6) is 17.8 Å². The summed E-state index contributed by atoms with van der Waals surface area (Å²) in [6, 6.07) is 7.72. The molecule has 1 heterocycles. The third-order valence-electron chi connectivity index (χ3n) is 2.02. The molecule has 0 aliphatic rings. The quantitative estimate of drug-likeness (QED) is 0.935. The van der Waals surface area contributed by atoms with Crippen LogP contribution in [0, 0.1) is 0 Å². The lowest BCUT2D eigenvalue weighted by Crippen LogP contribution is -2.03. The van der Waals surface area contributed by atoms with Gasteiger partial charge in [-0.25, -0.2) is 0 Å². The molecule has 1 aromatic carbocycles. The summed E-state index contributed by atoms with van der Waals surface area (Å²) in [7, 11) is 3.19. The molecule has 94 valence electrons. The minimum atomic E-state index is 0.175. The van der Waals surface area contributed by atoms with E-state index < -0.39 is 0 Å². The molecular formula is C11H11BrN4O2. The average molecular weight is 311 g/mol. The summed E-state index contributed by atoms with van der Waals surface area (Å²) >= 11 is 3.35. The van der Waals surface area contributed by atoms with E-state index in [1.165, 1.54) is 7.11 Å². The number of hydrogen-bond acceptors (Lipinski definition) is 6. The maximum atomic E-state index is 5.52. The van der Waals surface area contributed by atoms with Crippen molar-refractivity contribution in [2.45, 2.75) is 0 Å². The summed E-state index contributed by atoms with van der Waals surface area (Å²) in [5.41, 5.74) is 0. The van der Waals surface area contributed by atoms with Crippen molar-refractivity contribution in [2.75, 3.05) is 19.5 Å². The van der Waals surface area contributed by atoms with Crippen LogP contribution < -0.4 is 14.8 Å². The van der Waals surface area contributed by atoms with Gasteiger partial charge in [0.25, 0.3) is 0 Å². The molecule has 0 aliphatic carbocycles. The molecular weight excluding hydrogens is 300 g/mol. The van der Waals surface area contributed by atoms with Gasteiger partial charge in [-0.05, 0) is 24.3 Å². The van der Waals surface area contributed by atoms with Crippen LogP contribution in [0.2, 0.25) is 0 Å². The minimum Gasteiger partial charge on any atom is -0.467 e. The second-order valence-electron chi connectivity index (χ2n) is 3.23. The van der Waals surface area contributed by atoms with E-state index in [0.29, 0.717) is 11.7 Å². The van der Waals surface area contributed by atoms with Crippen LogP contribution in [0.15, 0.2) is 28.7 Å². The molecule has 18 heavy (non-hydrogen) atoms. The molecule has 0 unspecified atom stereocenters. The molecule has 0 saturated carbocycles. The van der Waals surface area contributed by atoms with Crippen LogP contribution in [0.25, 0.3) is 0 Å². The first-order chi connectivity index (χ1) is 8.71. The monoisotopic (exact) mass is 310 g/mol. The number of anilines is 1. The number of ether oxygens (including phenoxy) is 2. The lowest BCUT2D eigenvalue weighted by Gasteiger charge is -2.06. The van der Waals surface area contributed by atoms with Crippen molar-refractivity contribution in [3.05, 3.63) is 28.7 Å². The van der Waals surface area contributed by atoms with Crippen LogP contribution in [-0.2, 0) is 0 Å². The maximum absolute atomic E-state index is 5.52. The Morgan fingerprint density at radius 3 is 2.33 bits per heavy atom. The third-order valence-corrected chi connectivity index (χ3v) is 2.55. The number of halogens is 1. The summed E-state index contributed by atoms with van der Waals surface area (Å²) in [5, 5.41) is 2.81. The Morgan fingerprint density at radius 2 is 1.72 bits per heavy atom. The first-order valence-electron chi connectivity index (χ1n) is 5.12. The van der Waals surface area contributed by atoms with E-state index in [1.54, 1.807) is 19.2 Å². The summed E-state index contributed by atoms with van der Waals surface area (Å²) in [4.78, 5) is 12.1. The van der Waals surface area contributed by atoms with Gasteiger partial charge in [-0.15, -0.1) is 4.98 Å². The number of hydrogen-bond donors (Lipinski definition) is 1. The van der Waals surface area contributed by atoms with Crippen LogP contribution in [0.1, 0.15) is 0 Å². The van der Waals surface area contributed by atoms with Crippen molar-refractivity contribution >= 4 is 21.9 Å². The normalized spacial score (nSPS) is 9.94. The van der Waals surface area contributed by atoms with Crippen molar-refractivity contribution in [3.63, 3.8) is 0 Å². The van der Waals surface area contributed by atoms with Gasteiger partial charge in [0.05, 0.1) is 7.11 Å². The van der Waals surface area contributed by atoms with Crippen LogP contribution >= 0.6 is 15.9 Å². The zero-order chi connectivity index (χ0) is 13.0. The number of nitrogens with zero attached hydrogens (tertiary/aromatic N) is 3. The number of methoxy groups -OCH3 is 1. The van der Waals surface area contributed by atoms with Gasteiger partial charge >= 0.3 is 12.0 Å². The Bertz CT molecular complexity index is 511. The van der Waals surface area contributed by atoms with Gasteiger partial charge < -0.3 is 14.8 Å². The number of nitrogens with one attached hydrogen (secondary N) is 1. The van der Waals surface area contributed by atoms with Gasteiger partial charge in [0.2, 0.25) is 5.95 Å². The maximum Gasteiger partial charge on any atom is 0.330 e. The average Bonchev–Trinajstić information content (AvgIpc) is 2.41. The first-order valence-corrected chi connectivity index (χ1v) is 5.92. The molecule has 1 N–H and O–H groups in total. The molecule has 0 atom stereocenters. The SMILES string of the molecule is CNc1nc(OC)nc(Oc2ccc(Br)cc2)n1.